The highest BCUT2D eigenvalue weighted by molar-refractivity contribution is 5.93. The van der Waals surface area contributed by atoms with E-state index in [0.717, 1.165) is 11.3 Å². The molecule has 2 aromatic rings. The van der Waals surface area contributed by atoms with Crippen LogP contribution in [0.25, 0.3) is 0 Å². The molecule has 0 aliphatic heterocycles. The normalized spacial score (nSPS) is 12.0. The highest BCUT2D eigenvalue weighted by atomic mass is 16.5. The van der Waals surface area contributed by atoms with Crippen molar-refractivity contribution in [1.29, 1.82) is 0 Å². The topological polar surface area (TPSA) is 68.1 Å². The predicted molar refractivity (Wildman–Crippen MR) is 80.3 cm³/mol. The first-order valence-corrected chi connectivity index (χ1v) is 6.91. The number of anilines is 1. The SMILES string of the molecule is COc1ccc(C)cc1NC(=O)C[NH2+][C@@H](C)c1ccco1. The van der Waals surface area contributed by atoms with E-state index in [1.807, 2.05) is 49.5 Å². The number of hydrogen-bond acceptors (Lipinski definition) is 3. The monoisotopic (exact) mass is 289 g/mol. The minimum atomic E-state index is -0.0719. The van der Waals surface area contributed by atoms with Gasteiger partial charge in [-0.3, -0.25) is 4.79 Å². The summed E-state index contributed by atoms with van der Waals surface area (Å²) in [6.07, 6.45) is 1.64. The lowest BCUT2D eigenvalue weighted by Crippen LogP contribution is -2.86. The number of carbonyl (C=O) groups excluding carboxylic acids is 1. The van der Waals surface area contributed by atoms with Gasteiger partial charge in [-0.15, -0.1) is 0 Å². The Balaban J connectivity index is 1.91. The van der Waals surface area contributed by atoms with E-state index in [-0.39, 0.29) is 11.9 Å². The molecule has 1 heterocycles. The summed E-state index contributed by atoms with van der Waals surface area (Å²) in [4.78, 5) is 12.0. The minimum absolute atomic E-state index is 0.0719. The minimum Gasteiger partial charge on any atom is -0.495 e. The lowest BCUT2D eigenvalue weighted by molar-refractivity contribution is -0.684. The first-order chi connectivity index (χ1) is 10.1. The van der Waals surface area contributed by atoms with Crippen LogP contribution in [0.3, 0.4) is 0 Å². The second-order valence-corrected chi connectivity index (χ2v) is 5.00. The van der Waals surface area contributed by atoms with E-state index in [2.05, 4.69) is 5.32 Å². The number of quaternary nitrogens is 1. The van der Waals surface area contributed by atoms with E-state index in [9.17, 15) is 4.79 Å². The van der Waals surface area contributed by atoms with Crippen molar-refractivity contribution in [3.05, 3.63) is 47.9 Å². The van der Waals surface area contributed by atoms with Crippen LogP contribution < -0.4 is 15.4 Å². The summed E-state index contributed by atoms with van der Waals surface area (Å²) in [7, 11) is 1.59. The molecular formula is C16H21N2O3+. The number of amides is 1. The van der Waals surface area contributed by atoms with Crippen molar-refractivity contribution in [2.75, 3.05) is 19.0 Å². The van der Waals surface area contributed by atoms with Gasteiger partial charge in [-0.05, 0) is 43.7 Å². The zero-order valence-electron chi connectivity index (χ0n) is 12.6. The summed E-state index contributed by atoms with van der Waals surface area (Å²) >= 11 is 0. The Morgan fingerprint density at radius 2 is 2.24 bits per heavy atom. The molecule has 0 spiro atoms. The molecule has 0 unspecified atom stereocenters. The Morgan fingerprint density at radius 1 is 1.43 bits per heavy atom. The summed E-state index contributed by atoms with van der Waals surface area (Å²) in [5.74, 6) is 1.45. The number of rotatable bonds is 6. The molecule has 0 aliphatic rings. The number of nitrogens with one attached hydrogen (secondary N) is 1. The quantitative estimate of drug-likeness (QED) is 0.853. The second kappa shape index (κ2) is 6.95. The van der Waals surface area contributed by atoms with Crippen LogP contribution in [-0.4, -0.2) is 19.6 Å². The predicted octanol–water partition coefficient (Wildman–Crippen LogP) is 1.86. The smallest absolute Gasteiger partial charge is 0.279 e. The number of aryl methyl sites for hydroxylation is 1. The molecule has 0 radical (unpaired) electrons. The van der Waals surface area contributed by atoms with Crippen molar-refractivity contribution in [2.45, 2.75) is 19.9 Å². The van der Waals surface area contributed by atoms with E-state index in [1.54, 1.807) is 13.4 Å². The molecule has 112 valence electrons. The third kappa shape index (κ3) is 4.10. The van der Waals surface area contributed by atoms with Crippen LogP contribution in [0.2, 0.25) is 0 Å². The van der Waals surface area contributed by atoms with Crippen molar-refractivity contribution in [1.82, 2.24) is 0 Å². The van der Waals surface area contributed by atoms with E-state index in [1.165, 1.54) is 0 Å². The van der Waals surface area contributed by atoms with Gasteiger partial charge in [0, 0.05) is 0 Å². The number of methoxy groups -OCH3 is 1. The Hall–Kier alpha value is -2.27. The molecule has 0 bridgehead atoms. The van der Waals surface area contributed by atoms with Crippen molar-refractivity contribution in [3.8, 4) is 5.75 Å². The van der Waals surface area contributed by atoms with Crippen LogP contribution in [0.1, 0.15) is 24.3 Å². The summed E-state index contributed by atoms with van der Waals surface area (Å²) < 4.78 is 10.6. The molecule has 0 aliphatic carbocycles. The largest absolute Gasteiger partial charge is 0.495 e. The van der Waals surface area contributed by atoms with Gasteiger partial charge in [-0.25, -0.2) is 0 Å². The lowest BCUT2D eigenvalue weighted by atomic mass is 10.2. The van der Waals surface area contributed by atoms with Crippen LogP contribution in [0, 0.1) is 6.92 Å². The third-order valence-corrected chi connectivity index (χ3v) is 3.28. The Morgan fingerprint density at radius 3 is 2.90 bits per heavy atom. The van der Waals surface area contributed by atoms with Crippen LogP contribution in [0.5, 0.6) is 5.75 Å². The van der Waals surface area contributed by atoms with Gasteiger partial charge in [-0.2, -0.15) is 0 Å². The maximum absolute atomic E-state index is 12.0. The van der Waals surface area contributed by atoms with Crippen LogP contribution in [0.4, 0.5) is 5.69 Å². The van der Waals surface area contributed by atoms with Crippen LogP contribution in [-0.2, 0) is 4.79 Å². The molecule has 3 N–H and O–H groups in total. The van der Waals surface area contributed by atoms with Crippen LogP contribution in [0.15, 0.2) is 41.0 Å². The second-order valence-electron chi connectivity index (χ2n) is 5.00. The zero-order chi connectivity index (χ0) is 15.2. The van der Waals surface area contributed by atoms with Gasteiger partial charge in [0.2, 0.25) is 0 Å². The fourth-order valence-electron chi connectivity index (χ4n) is 2.07. The van der Waals surface area contributed by atoms with Gasteiger partial charge in [-0.1, -0.05) is 6.07 Å². The van der Waals surface area contributed by atoms with E-state index >= 15 is 0 Å². The standard InChI is InChI=1S/C16H20N2O3/c1-11-6-7-15(20-3)13(9-11)18-16(19)10-17-12(2)14-5-4-8-21-14/h4-9,12,17H,10H2,1-3H3,(H,18,19)/p+1/t12-/m0/s1. The van der Waals surface area contributed by atoms with Gasteiger partial charge in [0.15, 0.2) is 12.3 Å². The van der Waals surface area contributed by atoms with Gasteiger partial charge in [0.05, 0.1) is 19.1 Å². The zero-order valence-corrected chi connectivity index (χ0v) is 12.6. The van der Waals surface area contributed by atoms with E-state index in [0.29, 0.717) is 18.0 Å². The molecule has 0 fully saturated rings. The molecular weight excluding hydrogens is 268 g/mol. The maximum atomic E-state index is 12.0. The number of hydrogen-bond donors (Lipinski definition) is 2. The van der Waals surface area contributed by atoms with Crippen molar-refractivity contribution in [3.63, 3.8) is 0 Å². The summed E-state index contributed by atoms with van der Waals surface area (Å²) in [6, 6.07) is 9.54. The number of benzene rings is 1. The van der Waals surface area contributed by atoms with Crippen molar-refractivity contribution in [2.24, 2.45) is 0 Å². The summed E-state index contributed by atoms with van der Waals surface area (Å²) in [5, 5.41) is 4.80. The maximum Gasteiger partial charge on any atom is 0.279 e. The highest BCUT2D eigenvalue weighted by Crippen LogP contribution is 2.24. The van der Waals surface area contributed by atoms with E-state index < -0.39 is 0 Å². The van der Waals surface area contributed by atoms with Crippen LogP contribution >= 0.6 is 0 Å². The van der Waals surface area contributed by atoms with E-state index in [4.69, 9.17) is 9.15 Å². The molecule has 2 rings (SSSR count). The number of ether oxygens (including phenoxy) is 1. The Kier molecular flexibility index (Phi) is 5.00. The molecule has 0 saturated carbocycles. The fraction of sp³-hybridized carbons (Fsp3) is 0.312. The van der Waals surface area contributed by atoms with Crippen molar-refractivity contribution < 1.29 is 19.3 Å². The van der Waals surface area contributed by atoms with Gasteiger partial charge in [0.25, 0.3) is 5.91 Å². The number of furan rings is 1. The Bertz CT molecular complexity index is 594. The molecule has 1 aromatic heterocycles. The lowest BCUT2D eigenvalue weighted by Gasteiger charge is -2.12. The summed E-state index contributed by atoms with van der Waals surface area (Å²) in [6.45, 7) is 4.29. The number of carbonyl (C=O) groups is 1. The highest BCUT2D eigenvalue weighted by Gasteiger charge is 2.14. The third-order valence-electron chi connectivity index (χ3n) is 3.28. The molecule has 5 heteroatoms. The first kappa shape index (κ1) is 15.1. The molecule has 1 aromatic carbocycles. The number of nitrogens with two attached hydrogens (primary N) is 1. The van der Waals surface area contributed by atoms with Gasteiger partial charge < -0.3 is 19.8 Å². The first-order valence-electron chi connectivity index (χ1n) is 6.91. The molecule has 21 heavy (non-hydrogen) atoms. The van der Waals surface area contributed by atoms with Gasteiger partial charge in [0.1, 0.15) is 11.8 Å². The molecule has 1 amide bonds. The molecule has 1 atom stereocenters. The average molecular weight is 289 g/mol. The Labute approximate surface area is 124 Å². The fourth-order valence-corrected chi connectivity index (χ4v) is 2.07. The molecule has 0 saturated heterocycles. The average Bonchev–Trinajstić information content (AvgIpc) is 2.99. The van der Waals surface area contributed by atoms with Gasteiger partial charge >= 0.3 is 0 Å². The summed E-state index contributed by atoms with van der Waals surface area (Å²) in [5.41, 5.74) is 1.76. The molecule has 5 nitrogen and oxygen atoms in total. The van der Waals surface area contributed by atoms with Crippen molar-refractivity contribution >= 4 is 11.6 Å².